The molecule has 4 atom stereocenters. The summed E-state index contributed by atoms with van der Waals surface area (Å²) in [6.45, 7) is 0. The molecular weight excluding hydrogens is 527 g/mol. The molecule has 144 valence electrons. The molecule has 0 bridgehead atoms. The monoisotopic (exact) mass is 548 g/mol. The van der Waals surface area contributed by atoms with Gasteiger partial charge in [-0.15, -0.1) is 0 Å². The normalized spacial score (nSPS) is 27.5. The van der Waals surface area contributed by atoms with Crippen LogP contribution < -0.4 is 0 Å². The fourth-order valence-corrected chi connectivity index (χ4v) is 4.99. The zero-order chi connectivity index (χ0) is 19.6. The van der Waals surface area contributed by atoms with Gasteiger partial charge in [0.25, 0.3) is 0 Å². The maximum absolute atomic E-state index is 12.2. The van der Waals surface area contributed by atoms with Gasteiger partial charge in [-0.25, -0.2) is 0 Å². The van der Waals surface area contributed by atoms with Gasteiger partial charge in [0.05, 0.1) is 12.2 Å². The lowest BCUT2D eigenvalue weighted by Gasteiger charge is -2.48. The zero-order valence-electron chi connectivity index (χ0n) is 15.3. The highest BCUT2D eigenvalue weighted by molar-refractivity contribution is 14.1. The number of ether oxygens (including phenoxy) is 1. The van der Waals surface area contributed by atoms with Crippen molar-refractivity contribution in [2.45, 2.75) is 30.1 Å². The summed E-state index contributed by atoms with van der Waals surface area (Å²) < 4.78 is 8.43. The third-order valence-electron chi connectivity index (χ3n) is 5.50. The van der Waals surface area contributed by atoms with Crippen LogP contribution in [0.25, 0.3) is 0 Å². The summed E-state index contributed by atoms with van der Waals surface area (Å²) in [4.78, 5) is 0. The first-order valence-electron chi connectivity index (χ1n) is 9.41. The van der Waals surface area contributed by atoms with E-state index in [1.54, 1.807) is 0 Å². The number of benzene rings is 3. The Kier molecular flexibility index (Phi) is 6.21. The van der Waals surface area contributed by atoms with Gasteiger partial charge in [0, 0.05) is 21.2 Å². The zero-order valence-corrected chi connectivity index (χ0v) is 19.1. The SMILES string of the molecule is O[C@]1(c2ccccc2)C[C@@H](CI)O[C@@H](c2ccc(Br)cc2)[C@@H]1c1ccccc1. The van der Waals surface area contributed by atoms with Crippen molar-refractivity contribution in [1.82, 2.24) is 0 Å². The standard InChI is InChI=1S/C24H22BrIO2/c25-20-13-11-18(12-14-20)23-22(17-7-3-1-4-8-17)24(27,15-21(16-26)28-23)19-9-5-2-6-10-19/h1-14,21-23,27H,15-16H2/t21-,22-,23-,24-/m0/s1. The molecule has 0 spiro atoms. The number of halogens is 2. The lowest BCUT2D eigenvalue weighted by Crippen LogP contribution is -2.47. The van der Waals surface area contributed by atoms with E-state index in [1.165, 1.54) is 0 Å². The summed E-state index contributed by atoms with van der Waals surface area (Å²) in [5, 5.41) is 12.2. The van der Waals surface area contributed by atoms with Crippen molar-refractivity contribution in [3.05, 3.63) is 106 Å². The molecule has 3 aromatic rings. The Morgan fingerprint density at radius 2 is 1.50 bits per heavy atom. The van der Waals surface area contributed by atoms with Crippen molar-refractivity contribution in [2.24, 2.45) is 0 Å². The summed E-state index contributed by atoms with van der Waals surface area (Å²) in [5.74, 6) is -0.198. The molecule has 2 nitrogen and oxygen atoms in total. The molecule has 4 rings (SSSR count). The molecule has 4 heteroatoms. The molecule has 28 heavy (non-hydrogen) atoms. The highest BCUT2D eigenvalue weighted by Crippen LogP contribution is 2.53. The van der Waals surface area contributed by atoms with Crippen LogP contribution in [0.3, 0.4) is 0 Å². The van der Waals surface area contributed by atoms with E-state index in [2.05, 4.69) is 62.8 Å². The summed E-state index contributed by atoms with van der Waals surface area (Å²) >= 11 is 5.88. The molecule has 3 aromatic carbocycles. The van der Waals surface area contributed by atoms with Crippen molar-refractivity contribution in [2.75, 3.05) is 4.43 Å². The van der Waals surface area contributed by atoms with Crippen molar-refractivity contribution >= 4 is 38.5 Å². The van der Waals surface area contributed by atoms with Gasteiger partial charge < -0.3 is 9.84 Å². The fraction of sp³-hybridized carbons (Fsp3) is 0.250. The van der Waals surface area contributed by atoms with Crippen molar-refractivity contribution in [3.63, 3.8) is 0 Å². The van der Waals surface area contributed by atoms with E-state index in [0.717, 1.165) is 25.6 Å². The third-order valence-corrected chi connectivity index (χ3v) is 7.01. The average Bonchev–Trinajstić information content (AvgIpc) is 2.75. The average molecular weight is 549 g/mol. The summed E-state index contributed by atoms with van der Waals surface area (Å²) in [6, 6.07) is 28.6. The van der Waals surface area contributed by atoms with Crippen LogP contribution in [0.2, 0.25) is 0 Å². The van der Waals surface area contributed by atoms with E-state index in [0.29, 0.717) is 6.42 Å². The van der Waals surface area contributed by atoms with Crippen molar-refractivity contribution < 1.29 is 9.84 Å². The van der Waals surface area contributed by atoms with Gasteiger partial charge in [-0.2, -0.15) is 0 Å². The molecule has 1 heterocycles. The van der Waals surface area contributed by atoms with E-state index >= 15 is 0 Å². The second-order valence-corrected chi connectivity index (χ2v) is 9.06. The maximum Gasteiger partial charge on any atom is 0.102 e. The van der Waals surface area contributed by atoms with E-state index in [4.69, 9.17) is 4.74 Å². The van der Waals surface area contributed by atoms with Crippen LogP contribution in [-0.4, -0.2) is 15.6 Å². The number of hydrogen-bond acceptors (Lipinski definition) is 2. The lowest BCUT2D eigenvalue weighted by atomic mass is 9.68. The van der Waals surface area contributed by atoms with Crippen LogP contribution in [0.1, 0.15) is 35.1 Å². The van der Waals surface area contributed by atoms with E-state index in [-0.39, 0.29) is 18.1 Å². The van der Waals surface area contributed by atoms with Gasteiger partial charge >= 0.3 is 0 Å². The molecular formula is C24H22BrIO2. The van der Waals surface area contributed by atoms with Crippen LogP contribution >= 0.6 is 38.5 Å². The first-order chi connectivity index (χ1) is 13.6. The molecule has 1 aliphatic rings. The number of rotatable bonds is 4. The van der Waals surface area contributed by atoms with Gasteiger partial charge in [0.15, 0.2) is 0 Å². The van der Waals surface area contributed by atoms with E-state index < -0.39 is 5.60 Å². The molecule has 0 saturated carbocycles. The third kappa shape index (κ3) is 3.92. The van der Waals surface area contributed by atoms with Crippen LogP contribution in [-0.2, 0) is 10.3 Å². The molecule has 1 N–H and O–H groups in total. The molecule has 0 radical (unpaired) electrons. The Labute approximate surface area is 188 Å². The number of alkyl halides is 1. The molecule has 1 aliphatic heterocycles. The Hall–Kier alpha value is -1.21. The van der Waals surface area contributed by atoms with Crippen LogP contribution in [0.4, 0.5) is 0 Å². The predicted molar refractivity (Wildman–Crippen MR) is 125 cm³/mol. The largest absolute Gasteiger partial charge is 0.384 e. The van der Waals surface area contributed by atoms with Gasteiger partial charge in [-0.05, 0) is 28.8 Å². The van der Waals surface area contributed by atoms with Gasteiger partial charge in [-0.1, -0.05) is 111 Å². The summed E-state index contributed by atoms with van der Waals surface area (Å²) in [5.41, 5.74) is 2.12. The second-order valence-electron chi connectivity index (χ2n) is 7.27. The number of hydrogen-bond donors (Lipinski definition) is 1. The van der Waals surface area contributed by atoms with Crippen LogP contribution in [0, 0.1) is 0 Å². The Morgan fingerprint density at radius 1 is 0.893 bits per heavy atom. The van der Waals surface area contributed by atoms with E-state index in [1.807, 2.05) is 60.7 Å². The molecule has 0 amide bonds. The Balaban J connectivity index is 1.88. The first-order valence-corrected chi connectivity index (χ1v) is 11.7. The van der Waals surface area contributed by atoms with Gasteiger partial charge in [0.2, 0.25) is 0 Å². The van der Waals surface area contributed by atoms with Crippen LogP contribution in [0.15, 0.2) is 89.4 Å². The second kappa shape index (κ2) is 8.66. The van der Waals surface area contributed by atoms with Gasteiger partial charge in [-0.3, -0.25) is 0 Å². The minimum Gasteiger partial charge on any atom is -0.384 e. The summed E-state index contributed by atoms with van der Waals surface area (Å²) in [6.07, 6.45) is 0.334. The van der Waals surface area contributed by atoms with Gasteiger partial charge in [0.1, 0.15) is 5.60 Å². The fourth-order valence-electron chi connectivity index (χ4n) is 4.21. The highest BCUT2D eigenvalue weighted by Gasteiger charge is 2.50. The first kappa shape index (κ1) is 20.1. The number of aliphatic hydroxyl groups is 1. The smallest absolute Gasteiger partial charge is 0.102 e. The minimum atomic E-state index is -1.01. The Morgan fingerprint density at radius 3 is 2.11 bits per heavy atom. The van der Waals surface area contributed by atoms with Crippen molar-refractivity contribution in [1.29, 1.82) is 0 Å². The maximum atomic E-state index is 12.2. The summed E-state index contributed by atoms with van der Waals surface area (Å²) in [7, 11) is 0. The van der Waals surface area contributed by atoms with E-state index in [9.17, 15) is 5.11 Å². The molecule has 1 fully saturated rings. The Bertz CT molecular complexity index is 901. The van der Waals surface area contributed by atoms with Crippen LogP contribution in [0.5, 0.6) is 0 Å². The molecule has 1 saturated heterocycles. The quantitative estimate of drug-likeness (QED) is 0.302. The topological polar surface area (TPSA) is 29.5 Å². The lowest BCUT2D eigenvalue weighted by molar-refractivity contribution is -0.160. The molecule has 0 unspecified atom stereocenters. The minimum absolute atomic E-state index is 0.0144. The van der Waals surface area contributed by atoms with Crippen molar-refractivity contribution in [3.8, 4) is 0 Å². The molecule has 0 aromatic heterocycles. The predicted octanol–water partition coefficient (Wildman–Crippen LogP) is 6.39. The highest BCUT2D eigenvalue weighted by atomic mass is 127. The molecule has 0 aliphatic carbocycles.